The van der Waals surface area contributed by atoms with Gasteiger partial charge >= 0.3 is 18.1 Å². The number of Topliss-reactive ketones (excluding diaryl/α,β-unsaturated/α-hetero) is 1. The Morgan fingerprint density at radius 2 is 1.90 bits per heavy atom. The van der Waals surface area contributed by atoms with Crippen molar-refractivity contribution in [3.63, 3.8) is 0 Å². The molecule has 1 aliphatic rings. The molecule has 0 aromatic heterocycles. The van der Waals surface area contributed by atoms with Crippen LogP contribution in [0.4, 0.5) is 18.9 Å². The lowest BCUT2D eigenvalue weighted by atomic mass is 9.98. The van der Waals surface area contributed by atoms with Crippen molar-refractivity contribution in [2.75, 3.05) is 11.4 Å². The lowest BCUT2D eigenvalue weighted by Gasteiger charge is -2.29. The van der Waals surface area contributed by atoms with Crippen molar-refractivity contribution in [1.82, 2.24) is 0 Å². The van der Waals surface area contributed by atoms with Gasteiger partial charge in [0.05, 0.1) is 11.3 Å². The van der Waals surface area contributed by atoms with Gasteiger partial charge in [-0.3, -0.25) is 9.59 Å². The predicted molar refractivity (Wildman–Crippen MR) is 60.8 cm³/mol. The van der Waals surface area contributed by atoms with Crippen LogP contribution in [0, 0.1) is 0 Å². The summed E-state index contributed by atoms with van der Waals surface area (Å²) in [5.74, 6) is -3.90. The molecule has 1 aliphatic heterocycles. The summed E-state index contributed by atoms with van der Waals surface area (Å²) in [6.07, 6.45) is -5.32. The third-order valence-corrected chi connectivity index (χ3v) is 2.89. The van der Waals surface area contributed by atoms with Gasteiger partial charge < -0.3 is 10.0 Å². The zero-order chi connectivity index (χ0) is 15.1. The first kappa shape index (κ1) is 14.0. The Morgan fingerprint density at radius 3 is 2.45 bits per heavy atom. The van der Waals surface area contributed by atoms with Crippen molar-refractivity contribution >= 4 is 23.3 Å². The maximum Gasteiger partial charge on any atom is 0.471 e. The molecular weight excluding hydrogens is 279 g/mol. The smallest absolute Gasteiger partial charge is 0.471 e. The van der Waals surface area contributed by atoms with Crippen LogP contribution >= 0.6 is 0 Å². The molecule has 0 unspecified atom stereocenters. The second-order valence-corrected chi connectivity index (χ2v) is 4.16. The van der Waals surface area contributed by atoms with Crippen LogP contribution in [0.3, 0.4) is 0 Å². The first-order valence-corrected chi connectivity index (χ1v) is 5.51. The molecule has 1 aromatic rings. The Kier molecular flexibility index (Phi) is 3.24. The average molecular weight is 287 g/mol. The minimum absolute atomic E-state index is 0.0844. The summed E-state index contributed by atoms with van der Waals surface area (Å²) in [7, 11) is 0. The number of carbonyl (C=O) groups excluding carboxylic acids is 2. The van der Waals surface area contributed by atoms with Gasteiger partial charge in [-0.25, -0.2) is 4.79 Å². The van der Waals surface area contributed by atoms with E-state index in [1.54, 1.807) is 0 Å². The van der Waals surface area contributed by atoms with E-state index in [0.29, 0.717) is 4.90 Å². The largest absolute Gasteiger partial charge is 0.478 e. The molecule has 0 fully saturated rings. The normalized spacial score (nSPS) is 14.9. The van der Waals surface area contributed by atoms with Crippen LogP contribution in [0.25, 0.3) is 0 Å². The zero-order valence-electron chi connectivity index (χ0n) is 9.90. The summed E-state index contributed by atoms with van der Waals surface area (Å²) in [6, 6.07) is 3.13. The standard InChI is InChI=1S/C12H8F3NO4/c13-12(14,15)11(20)16-4-3-9(17)7-2-1-6(10(18)19)5-8(7)16/h1-2,5H,3-4H2,(H,18,19). The first-order chi connectivity index (χ1) is 9.21. The number of fused-ring (bicyclic) bond motifs is 1. The number of alkyl halides is 3. The highest BCUT2D eigenvalue weighted by atomic mass is 19.4. The summed E-state index contributed by atoms with van der Waals surface area (Å²) in [4.78, 5) is 34.2. The number of rotatable bonds is 1. The number of aromatic carboxylic acids is 1. The predicted octanol–water partition coefficient (Wildman–Crippen LogP) is 1.87. The van der Waals surface area contributed by atoms with Crippen LogP contribution in [-0.2, 0) is 4.79 Å². The van der Waals surface area contributed by atoms with Gasteiger partial charge in [0.2, 0.25) is 0 Å². The van der Waals surface area contributed by atoms with Crippen molar-refractivity contribution in [3.8, 4) is 0 Å². The van der Waals surface area contributed by atoms with Crippen LogP contribution in [0.15, 0.2) is 18.2 Å². The van der Waals surface area contributed by atoms with Gasteiger partial charge in [-0.2, -0.15) is 13.2 Å². The zero-order valence-corrected chi connectivity index (χ0v) is 9.90. The molecule has 106 valence electrons. The van der Waals surface area contributed by atoms with Crippen molar-refractivity contribution in [2.24, 2.45) is 0 Å². The lowest BCUT2D eigenvalue weighted by Crippen LogP contribution is -2.45. The minimum atomic E-state index is -5.09. The van der Waals surface area contributed by atoms with E-state index in [1.807, 2.05) is 0 Å². The molecule has 0 saturated heterocycles. The summed E-state index contributed by atoms with van der Waals surface area (Å²) in [5, 5.41) is 8.83. The lowest BCUT2D eigenvalue weighted by molar-refractivity contribution is -0.170. The quantitative estimate of drug-likeness (QED) is 0.855. The molecule has 8 heteroatoms. The first-order valence-electron chi connectivity index (χ1n) is 5.51. The van der Waals surface area contributed by atoms with Gasteiger partial charge in [0.15, 0.2) is 5.78 Å². The molecule has 1 heterocycles. The molecule has 0 saturated carbocycles. The Balaban J connectivity index is 2.54. The van der Waals surface area contributed by atoms with Crippen molar-refractivity contribution < 1.29 is 32.7 Å². The number of hydrogen-bond acceptors (Lipinski definition) is 3. The monoisotopic (exact) mass is 287 g/mol. The number of hydrogen-bond donors (Lipinski definition) is 1. The minimum Gasteiger partial charge on any atom is -0.478 e. The summed E-state index contributed by atoms with van der Waals surface area (Å²) in [6.45, 7) is -0.423. The molecule has 1 aromatic carbocycles. The number of benzene rings is 1. The van der Waals surface area contributed by atoms with Crippen molar-refractivity contribution in [1.29, 1.82) is 0 Å². The summed E-state index contributed by atoms with van der Waals surface area (Å²) < 4.78 is 37.5. The van der Waals surface area contributed by atoms with Gasteiger partial charge in [0.25, 0.3) is 0 Å². The molecule has 1 amide bonds. The van der Waals surface area contributed by atoms with E-state index in [0.717, 1.165) is 18.2 Å². The molecule has 1 N–H and O–H groups in total. The van der Waals surface area contributed by atoms with Crippen molar-refractivity contribution in [3.05, 3.63) is 29.3 Å². The molecule has 0 aliphatic carbocycles. The van der Waals surface area contributed by atoms with E-state index in [9.17, 15) is 27.6 Å². The van der Waals surface area contributed by atoms with E-state index in [4.69, 9.17) is 5.11 Å². The third-order valence-electron chi connectivity index (χ3n) is 2.89. The highest BCUT2D eigenvalue weighted by Gasteiger charge is 2.45. The summed E-state index contributed by atoms with van der Waals surface area (Å²) in [5.41, 5.74) is -0.694. The number of carboxylic acids is 1. The van der Waals surface area contributed by atoms with Gasteiger partial charge in [-0.15, -0.1) is 0 Å². The maximum atomic E-state index is 12.5. The van der Waals surface area contributed by atoms with E-state index >= 15 is 0 Å². The highest BCUT2D eigenvalue weighted by molar-refractivity contribution is 6.10. The van der Waals surface area contributed by atoms with Crippen LogP contribution < -0.4 is 4.90 Å². The number of amides is 1. The molecule has 0 radical (unpaired) electrons. The number of anilines is 1. The Bertz CT molecular complexity index is 609. The topological polar surface area (TPSA) is 74.7 Å². The highest BCUT2D eigenvalue weighted by Crippen LogP contribution is 2.31. The van der Waals surface area contributed by atoms with Gasteiger partial charge in [0.1, 0.15) is 0 Å². The molecule has 2 rings (SSSR count). The van der Waals surface area contributed by atoms with E-state index in [-0.39, 0.29) is 23.2 Å². The maximum absolute atomic E-state index is 12.5. The van der Waals surface area contributed by atoms with Crippen LogP contribution in [-0.4, -0.2) is 35.5 Å². The summed E-state index contributed by atoms with van der Waals surface area (Å²) >= 11 is 0. The van der Waals surface area contributed by atoms with Crippen LogP contribution in [0.1, 0.15) is 27.1 Å². The molecule has 20 heavy (non-hydrogen) atoms. The van der Waals surface area contributed by atoms with Gasteiger partial charge in [-0.05, 0) is 18.2 Å². The molecule has 0 bridgehead atoms. The second-order valence-electron chi connectivity index (χ2n) is 4.16. The fourth-order valence-electron chi connectivity index (χ4n) is 1.96. The number of halogens is 3. The number of carbonyl (C=O) groups is 3. The van der Waals surface area contributed by atoms with Gasteiger partial charge in [-0.1, -0.05) is 0 Å². The number of nitrogens with zero attached hydrogens (tertiary/aromatic N) is 1. The van der Waals surface area contributed by atoms with Crippen LogP contribution in [0.2, 0.25) is 0 Å². The Labute approximate surface area is 110 Å². The fourth-order valence-corrected chi connectivity index (χ4v) is 1.96. The molecule has 0 atom stereocenters. The fraction of sp³-hybridized carbons (Fsp3) is 0.250. The average Bonchev–Trinajstić information content (AvgIpc) is 2.37. The van der Waals surface area contributed by atoms with E-state index in [1.165, 1.54) is 0 Å². The Morgan fingerprint density at radius 1 is 1.25 bits per heavy atom. The third kappa shape index (κ3) is 2.36. The second kappa shape index (κ2) is 4.62. The van der Waals surface area contributed by atoms with Crippen LogP contribution in [0.5, 0.6) is 0 Å². The van der Waals surface area contributed by atoms with Crippen molar-refractivity contribution in [2.45, 2.75) is 12.6 Å². The SMILES string of the molecule is O=C(O)c1ccc2c(c1)N(C(=O)C(F)(F)F)CCC2=O. The number of carboxylic acid groups (broad SMARTS) is 1. The van der Waals surface area contributed by atoms with E-state index < -0.39 is 30.4 Å². The molecule has 5 nitrogen and oxygen atoms in total. The van der Waals surface area contributed by atoms with Gasteiger partial charge in [0, 0.05) is 18.5 Å². The Hall–Kier alpha value is -2.38. The molecular formula is C12H8F3NO4. The molecule has 0 spiro atoms. The van der Waals surface area contributed by atoms with E-state index in [2.05, 4.69) is 0 Å². The number of ketones is 1.